The first kappa shape index (κ1) is 12.6. The van der Waals surface area contributed by atoms with Crippen LogP contribution in [0.4, 0.5) is 0 Å². The predicted octanol–water partition coefficient (Wildman–Crippen LogP) is 3.19. The van der Waals surface area contributed by atoms with Crippen LogP contribution in [0.15, 0.2) is 24.3 Å². The van der Waals surface area contributed by atoms with Crippen LogP contribution in [0.2, 0.25) is 0 Å². The molecule has 3 N–H and O–H groups in total. The first-order valence-corrected chi connectivity index (χ1v) is 6.79. The van der Waals surface area contributed by atoms with Crippen molar-refractivity contribution in [1.29, 1.82) is 0 Å². The Morgan fingerprint density at radius 1 is 1.29 bits per heavy atom. The molecule has 3 unspecified atom stereocenters. The molecule has 2 nitrogen and oxygen atoms in total. The minimum Gasteiger partial charge on any atom is -0.271 e. The van der Waals surface area contributed by atoms with Gasteiger partial charge < -0.3 is 0 Å². The highest BCUT2D eigenvalue weighted by atomic mass is 15.2. The van der Waals surface area contributed by atoms with Gasteiger partial charge in [-0.2, -0.15) is 0 Å². The van der Waals surface area contributed by atoms with E-state index in [1.807, 2.05) is 0 Å². The van der Waals surface area contributed by atoms with Gasteiger partial charge in [-0.05, 0) is 42.2 Å². The normalized spacial score (nSPS) is 26.1. The summed E-state index contributed by atoms with van der Waals surface area (Å²) in [6.07, 6.45) is 5.04. The van der Waals surface area contributed by atoms with Crippen LogP contribution in [0.25, 0.3) is 0 Å². The van der Waals surface area contributed by atoms with Crippen LogP contribution >= 0.6 is 0 Å². The summed E-state index contributed by atoms with van der Waals surface area (Å²) in [5, 5.41) is 0. The highest BCUT2D eigenvalue weighted by Gasteiger charge is 2.28. The zero-order valence-corrected chi connectivity index (χ0v) is 10.9. The Hall–Kier alpha value is -0.860. The van der Waals surface area contributed by atoms with Crippen molar-refractivity contribution in [2.45, 2.75) is 45.6 Å². The van der Waals surface area contributed by atoms with Gasteiger partial charge in [0.2, 0.25) is 0 Å². The molecule has 0 heterocycles. The topological polar surface area (TPSA) is 38.0 Å². The maximum absolute atomic E-state index is 5.75. The molecule has 2 rings (SSSR count). The second kappa shape index (κ2) is 5.65. The summed E-state index contributed by atoms with van der Waals surface area (Å²) in [4.78, 5) is 0. The molecule has 1 saturated carbocycles. The molecule has 0 aliphatic heterocycles. The van der Waals surface area contributed by atoms with E-state index in [1.54, 1.807) is 0 Å². The maximum Gasteiger partial charge on any atom is 0.0488 e. The van der Waals surface area contributed by atoms with Crippen molar-refractivity contribution < 1.29 is 0 Å². The van der Waals surface area contributed by atoms with Crippen molar-refractivity contribution in [3.8, 4) is 0 Å². The van der Waals surface area contributed by atoms with Crippen LogP contribution < -0.4 is 11.3 Å². The van der Waals surface area contributed by atoms with Crippen LogP contribution in [0.5, 0.6) is 0 Å². The fraction of sp³-hybridized carbons (Fsp3) is 0.600. The molecule has 2 heteroatoms. The van der Waals surface area contributed by atoms with Gasteiger partial charge in [0.25, 0.3) is 0 Å². The maximum atomic E-state index is 5.75. The summed E-state index contributed by atoms with van der Waals surface area (Å²) >= 11 is 0. The standard InChI is InChI=1S/C15H24N2/c1-3-12-5-8-13(9-6-12)15(17-16)14-7-4-11(2)10-14/h5-6,8-9,11,14-15,17H,3-4,7,10,16H2,1-2H3. The van der Waals surface area contributed by atoms with E-state index in [1.165, 1.54) is 30.4 Å². The Morgan fingerprint density at radius 2 is 2.00 bits per heavy atom. The first-order valence-electron chi connectivity index (χ1n) is 6.79. The molecule has 3 atom stereocenters. The lowest BCUT2D eigenvalue weighted by molar-refractivity contribution is 0.364. The van der Waals surface area contributed by atoms with Crippen LogP contribution in [0, 0.1) is 11.8 Å². The van der Waals surface area contributed by atoms with E-state index in [-0.39, 0.29) is 0 Å². The lowest BCUT2D eigenvalue weighted by atomic mass is 9.91. The van der Waals surface area contributed by atoms with Crippen molar-refractivity contribution in [1.82, 2.24) is 5.43 Å². The van der Waals surface area contributed by atoms with Crippen molar-refractivity contribution in [3.05, 3.63) is 35.4 Å². The van der Waals surface area contributed by atoms with Crippen molar-refractivity contribution in [2.75, 3.05) is 0 Å². The summed E-state index contributed by atoms with van der Waals surface area (Å²) in [6, 6.07) is 9.22. The molecular weight excluding hydrogens is 208 g/mol. The minimum atomic E-state index is 0.325. The summed E-state index contributed by atoms with van der Waals surface area (Å²) in [6.45, 7) is 4.53. The van der Waals surface area contributed by atoms with Crippen molar-refractivity contribution in [2.24, 2.45) is 17.7 Å². The summed E-state index contributed by atoms with van der Waals surface area (Å²) in [5.41, 5.74) is 5.75. The average molecular weight is 232 g/mol. The number of hydrogen-bond donors (Lipinski definition) is 2. The molecule has 1 aliphatic carbocycles. The first-order chi connectivity index (χ1) is 8.24. The molecular formula is C15H24N2. The Morgan fingerprint density at radius 3 is 2.47 bits per heavy atom. The quantitative estimate of drug-likeness (QED) is 0.618. The number of nitrogens with two attached hydrogens (primary N) is 1. The van der Waals surface area contributed by atoms with E-state index < -0.39 is 0 Å². The number of nitrogens with one attached hydrogen (secondary N) is 1. The molecule has 1 fully saturated rings. The molecule has 0 aromatic heterocycles. The second-order valence-electron chi connectivity index (χ2n) is 5.42. The number of benzene rings is 1. The Labute approximate surface area is 105 Å². The monoisotopic (exact) mass is 232 g/mol. The fourth-order valence-corrected chi connectivity index (χ4v) is 3.02. The molecule has 0 spiro atoms. The fourth-order valence-electron chi connectivity index (χ4n) is 3.02. The number of hydrogen-bond acceptors (Lipinski definition) is 2. The van der Waals surface area contributed by atoms with Crippen molar-refractivity contribution >= 4 is 0 Å². The van der Waals surface area contributed by atoms with Gasteiger partial charge in [-0.3, -0.25) is 11.3 Å². The van der Waals surface area contributed by atoms with E-state index >= 15 is 0 Å². The smallest absolute Gasteiger partial charge is 0.0488 e. The molecule has 1 aliphatic rings. The van der Waals surface area contributed by atoms with E-state index in [0.717, 1.165) is 12.3 Å². The van der Waals surface area contributed by atoms with Crippen LogP contribution in [-0.4, -0.2) is 0 Å². The van der Waals surface area contributed by atoms with Gasteiger partial charge in [-0.1, -0.05) is 44.5 Å². The SMILES string of the molecule is CCc1ccc(C(NN)C2CCC(C)C2)cc1. The van der Waals surface area contributed by atoms with Gasteiger partial charge in [0.15, 0.2) is 0 Å². The molecule has 0 radical (unpaired) electrons. The van der Waals surface area contributed by atoms with Gasteiger partial charge in [0, 0.05) is 6.04 Å². The van der Waals surface area contributed by atoms with Crippen LogP contribution in [0.3, 0.4) is 0 Å². The molecule has 1 aromatic carbocycles. The van der Waals surface area contributed by atoms with Crippen LogP contribution in [-0.2, 0) is 6.42 Å². The third kappa shape index (κ3) is 2.88. The predicted molar refractivity (Wildman–Crippen MR) is 72.4 cm³/mol. The van der Waals surface area contributed by atoms with Gasteiger partial charge in [0.1, 0.15) is 0 Å². The van der Waals surface area contributed by atoms with Gasteiger partial charge in [0.05, 0.1) is 0 Å². The molecule has 17 heavy (non-hydrogen) atoms. The molecule has 94 valence electrons. The van der Waals surface area contributed by atoms with E-state index in [9.17, 15) is 0 Å². The van der Waals surface area contributed by atoms with Gasteiger partial charge in [-0.15, -0.1) is 0 Å². The van der Waals surface area contributed by atoms with E-state index in [2.05, 4.69) is 43.5 Å². The zero-order valence-electron chi connectivity index (χ0n) is 10.9. The Balaban J connectivity index is 2.11. The number of rotatable bonds is 4. The lowest BCUT2D eigenvalue weighted by Crippen LogP contribution is -2.32. The zero-order chi connectivity index (χ0) is 12.3. The molecule has 1 aromatic rings. The highest BCUT2D eigenvalue weighted by molar-refractivity contribution is 5.25. The van der Waals surface area contributed by atoms with Crippen LogP contribution in [0.1, 0.15) is 50.3 Å². The van der Waals surface area contributed by atoms with E-state index in [0.29, 0.717) is 12.0 Å². The summed E-state index contributed by atoms with van der Waals surface area (Å²) in [7, 11) is 0. The minimum absolute atomic E-state index is 0.325. The highest BCUT2D eigenvalue weighted by Crippen LogP contribution is 2.38. The second-order valence-corrected chi connectivity index (χ2v) is 5.42. The molecule has 0 saturated heterocycles. The largest absolute Gasteiger partial charge is 0.271 e. The Kier molecular flexibility index (Phi) is 4.19. The average Bonchev–Trinajstić information content (AvgIpc) is 2.78. The van der Waals surface area contributed by atoms with Gasteiger partial charge in [-0.25, -0.2) is 0 Å². The van der Waals surface area contributed by atoms with Crippen molar-refractivity contribution in [3.63, 3.8) is 0 Å². The number of aryl methyl sites for hydroxylation is 1. The van der Waals surface area contributed by atoms with Gasteiger partial charge >= 0.3 is 0 Å². The summed E-state index contributed by atoms with van der Waals surface area (Å²) in [5.74, 6) is 7.30. The Bertz CT molecular complexity index is 344. The third-order valence-corrected chi connectivity index (χ3v) is 4.13. The summed E-state index contributed by atoms with van der Waals surface area (Å²) < 4.78 is 0. The third-order valence-electron chi connectivity index (χ3n) is 4.13. The number of hydrazine groups is 1. The lowest BCUT2D eigenvalue weighted by Gasteiger charge is -2.23. The molecule has 0 bridgehead atoms. The van der Waals surface area contributed by atoms with E-state index in [4.69, 9.17) is 5.84 Å². The molecule has 0 amide bonds.